The van der Waals surface area contributed by atoms with Gasteiger partial charge in [0.25, 0.3) is 0 Å². The molecule has 4 heteroatoms. The summed E-state index contributed by atoms with van der Waals surface area (Å²) in [4.78, 5) is 11.8. The van der Waals surface area contributed by atoms with E-state index in [1.54, 1.807) is 18.2 Å². The van der Waals surface area contributed by atoms with Crippen molar-refractivity contribution in [3.63, 3.8) is 0 Å². The first-order valence-electron chi connectivity index (χ1n) is 6.34. The SMILES string of the molecule is O=C(Cc1ccccc1O)NCC1CCCC1Cl. The third-order valence-corrected chi connectivity index (χ3v) is 4.04. The zero-order chi connectivity index (χ0) is 13.0. The quantitative estimate of drug-likeness (QED) is 0.824. The summed E-state index contributed by atoms with van der Waals surface area (Å²) in [6, 6.07) is 6.91. The summed E-state index contributed by atoms with van der Waals surface area (Å²) in [7, 11) is 0. The fourth-order valence-corrected chi connectivity index (χ4v) is 2.73. The van der Waals surface area contributed by atoms with Gasteiger partial charge in [-0.3, -0.25) is 4.79 Å². The molecule has 1 amide bonds. The lowest BCUT2D eigenvalue weighted by Gasteiger charge is -2.14. The Labute approximate surface area is 112 Å². The van der Waals surface area contributed by atoms with Crippen molar-refractivity contribution < 1.29 is 9.90 Å². The van der Waals surface area contributed by atoms with Crippen LogP contribution in [-0.4, -0.2) is 22.9 Å². The number of alkyl halides is 1. The van der Waals surface area contributed by atoms with Crippen molar-refractivity contribution in [2.45, 2.75) is 31.1 Å². The predicted octanol–water partition coefficient (Wildman–Crippen LogP) is 2.46. The summed E-state index contributed by atoms with van der Waals surface area (Å²) in [5, 5.41) is 12.7. The molecule has 1 fully saturated rings. The Balaban J connectivity index is 1.80. The van der Waals surface area contributed by atoms with E-state index in [0.717, 1.165) is 19.3 Å². The van der Waals surface area contributed by atoms with Gasteiger partial charge in [0.05, 0.1) is 6.42 Å². The van der Waals surface area contributed by atoms with E-state index in [2.05, 4.69) is 5.32 Å². The van der Waals surface area contributed by atoms with E-state index in [1.165, 1.54) is 0 Å². The lowest BCUT2D eigenvalue weighted by atomic mass is 10.1. The minimum Gasteiger partial charge on any atom is -0.508 e. The number of para-hydroxylation sites is 1. The largest absolute Gasteiger partial charge is 0.508 e. The van der Waals surface area contributed by atoms with Crippen molar-refractivity contribution in [3.8, 4) is 5.75 Å². The molecule has 0 spiro atoms. The van der Waals surface area contributed by atoms with Gasteiger partial charge in [-0.05, 0) is 24.8 Å². The Morgan fingerprint density at radius 3 is 2.83 bits per heavy atom. The Morgan fingerprint density at radius 2 is 2.17 bits per heavy atom. The van der Waals surface area contributed by atoms with Crippen LogP contribution in [0, 0.1) is 5.92 Å². The summed E-state index contributed by atoms with van der Waals surface area (Å²) < 4.78 is 0. The molecular weight excluding hydrogens is 250 g/mol. The average molecular weight is 268 g/mol. The van der Waals surface area contributed by atoms with E-state index in [-0.39, 0.29) is 23.5 Å². The van der Waals surface area contributed by atoms with Gasteiger partial charge < -0.3 is 10.4 Å². The number of carbonyl (C=O) groups is 1. The second-order valence-electron chi connectivity index (χ2n) is 4.82. The summed E-state index contributed by atoms with van der Waals surface area (Å²) >= 11 is 6.16. The van der Waals surface area contributed by atoms with Crippen molar-refractivity contribution >= 4 is 17.5 Å². The molecular formula is C14H18ClNO2. The van der Waals surface area contributed by atoms with Crippen molar-refractivity contribution in [2.24, 2.45) is 5.92 Å². The molecule has 1 aromatic rings. The highest BCUT2D eigenvalue weighted by Gasteiger charge is 2.25. The first kappa shape index (κ1) is 13.2. The van der Waals surface area contributed by atoms with Crippen LogP contribution in [-0.2, 0) is 11.2 Å². The van der Waals surface area contributed by atoms with E-state index in [9.17, 15) is 9.90 Å². The zero-order valence-electron chi connectivity index (χ0n) is 10.2. The minimum absolute atomic E-state index is 0.0627. The van der Waals surface area contributed by atoms with Gasteiger partial charge >= 0.3 is 0 Å². The average Bonchev–Trinajstić information content (AvgIpc) is 2.75. The van der Waals surface area contributed by atoms with Crippen LogP contribution in [0.25, 0.3) is 0 Å². The fourth-order valence-electron chi connectivity index (χ4n) is 2.36. The number of nitrogens with one attached hydrogen (secondary N) is 1. The van der Waals surface area contributed by atoms with E-state index in [4.69, 9.17) is 11.6 Å². The third-order valence-electron chi connectivity index (χ3n) is 3.47. The second kappa shape index (κ2) is 6.10. The van der Waals surface area contributed by atoms with Gasteiger partial charge in [0.15, 0.2) is 0 Å². The maximum Gasteiger partial charge on any atom is 0.224 e. The molecule has 1 aromatic carbocycles. The molecule has 0 aromatic heterocycles. The molecule has 0 saturated heterocycles. The molecule has 0 aliphatic heterocycles. The number of hydrogen-bond acceptors (Lipinski definition) is 2. The molecule has 1 aliphatic carbocycles. The summed E-state index contributed by atoms with van der Waals surface area (Å²) in [6.07, 6.45) is 3.49. The van der Waals surface area contributed by atoms with Gasteiger partial charge in [-0.25, -0.2) is 0 Å². The Kier molecular flexibility index (Phi) is 4.48. The van der Waals surface area contributed by atoms with Crippen LogP contribution < -0.4 is 5.32 Å². The third kappa shape index (κ3) is 3.39. The molecule has 2 rings (SSSR count). The van der Waals surface area contributed by atoms with Crippen molar-refractivity contribution in [3.05, 3.63) is 29.8 Å². The minimum atomic E-state index is -0.0627. The number of hydrogen-bond donors (Lipinski definition) is 2. The first-order chi connectivity index (χ1) is 8.66. The lowest BCUT2D eigenvalue weighted by molar-refractivity contribution is -0.120. The van der Waals surface area contributed by atoms with Gasteiger partial charge in [-0.15, -0.1) is 11.6 Å². The lowest BCUT2D eigenvalue weighted by Crippen LogP contribution is -2.32. The first-order valence-corrected chi connectivity index (χ1v) is 6.78. The van der Waals surface area contributed by atoms with Crippen LogP contribution in [0.4, 0.5) is 0 Å². The number of halogens is 1. The summed E-state index contributed by atoms with van der Waals surface area (Å²) in [5.41, 5.74) is 0.656. The summed E-state index contributed by atoms with van der Waals surface area (Å²) in [6.45, 7) is 0.639. The van der Waals surface area contributed by atoms with Crippen molar-refractivity contribution in [2.75, 3.05) is 6.54 Å². The van der Waals surface area contributed by atoms with E-state index >= 15 is 0 Å². The van der Waals surface area contributed by atoms with Crippen LogP contribution in [0.5, 0.6) is 5.75 Å². The fraction of sp³-hybridized carbons (Fsp3) is 0.500. The van der Waals surface area contributed by atoms with Crippen molar-refractivity contribution in [1.82, 2.24) is 5.32 Å². The standard InChI is InChI=1S/C14H18ClNO2/c15-12-6-3-5-11(12)9-16-14(18)8-10-4-1-2-7-13(10)17/h1-2,4,7,11-12,17H,3,5-6,8-9H2,(H,16,18). The zero-order valence-corrected chi connectivity index (χ0v) is 11.0. The Morgan fingerprint density at radius 1 is 1.39 bits per heavy atom. The molecule has 18 heavy (non-hydrogen) atoms. The van der Waals surface area contributed by atoms with Gasteiger partial charge in [0.1, 0.15) is 5.75 Å². The molecule has 2 atom stereocenters. The van der Waals surface area contributed by atoms with Gasteiger partial charge in [0, 0.05) is 17.5 Å². The van der Waals surface area contributed by atoms with E-state index in [0.29, 0.717) is 18.0 Å². The smallest absolute Gasteiger partial charge is 0.224 e. The summed E-state index contributed by atoms with van der Waals surface area (Å²) in [5.74, 6) is 0.496. The number of amides is 1. The molecule has 0 heterocycles. The van der Waals surface area contributed by atoms with Crippen LogP contribution in [0.15, 0.2) is 24.3 Å². The number of rotatable bonds is 4. The molecule has 2 N–H and O–H groups in total. The highest BCUT2D eigenvalue weighted by atomic mass is 35.5. The normalized spacial score (nSPS) is 22.9. The Hall–Kier alpha value is -1.22. The molecule has 3 nitrogen and oxygen atoms in total. The van der Waals surface area contributed by atoms with E-state index < -0.39 is 0 Å². The molecule has 1 aliphatic rings. The monoisotopic (exact) mass is 267 g/mol. The van der Waals surface area contributed by atoms with Gasteiger partial charge in [-0.2, -0.15) is 0 Å². The molecule has 98 valence electrons. The number of benzene rings is 1. The van der Waals surface area contributed by atoms with Crippen LogP contribution in [0.1, 0.15) is 24.8 Å². The van der Waals surface area contributed by atoms with Crippen LogP contribution in [0.2, 0.25) is 0 Å². The maximum atomic E-state index is 11.8. The van der Waals surface area contributed by atoms with E-state index in [1.807, 2.05) is 6.07 Å². The molecule has 0 bridgehead atoms. The van der Waals surface area contributed by atoms with Crippen LogP contribution in [0.3, 0.4) is 0 Å². The van der Waals surface area contributed by atoms with Gasteiger partial charge in [-0.1, -0.05) is 24.6 Å². The van der Waals surface area contributed by atoms with Crippen molar-refractivity contribution in [1.29, 1.82) is 0 Å². The number of phenolic OH excluding ortho intramolecular Hbond substituents is 1. The Bertz CT molecular complexity index is 422. The number of phenols is 1. The topological polar surface area (TPSA) is 49.3 Å². The van der Waals surface area contributed by atoms with Gasteiger partial charge in [0.2, 0.25) is 5.91 Å². The maximum absolute atomic E-state index is 11.8. The highest BCUT2D eigenvalue weighted by Crippen LogP contribution is 2.29. The predicted molar refractivity (Wildman–Crippen MR) is 71.8 cm³/mol. The number of carbonyl (C=O) groups excluding carboxylic acids is 1. The molecule has 2 unspecified atom stereocenters. The number of aromatic hydroxyl groups is 1. The molecule has 1 saturated carbocycles. The second-order valence-corrected chi connectivity index (χ2v) is 5.38. The molecule has 0 radical (unpaired) electrons. The van der Waals surface area contributed by atoms with Crippen LogP contribution >= 0.6 is 11.6 Å². The highest BCUT2D eigenvalue weighted by molar-refractivity contribution is 6.20.